The molecule has 0 rings (SSSR count). The molecule has 0 aromatic carbocycles. The van der Waals surface area contributed by atoms with Crippen LogP contribution in [0.3, 0.4) is 0 Å². The summed E-state index contributed by atoms with van der Waals surface area (Å²) in [4.78, 5) is 30.9. The van der Waals surface area contributed by atoms with Crippen molar-refractivity contribution in [1.29, 1.82) is 0 Å². The first-order chi connectivity index (χ1) is 5.20. The Morgan fingerprint density at radius 3 is 2.45 bits per heavy atom. The van der Waals surface area contributed by atoms with Crippen molar-refractivity contribution >= 4 is 18.0 Å². The quantitative estimate of drug-likeness (QED) is 0.439. The minimum Gasteiger partial charge on any atom is -0.356 e. The van der Waals surface area contributed by atoms with Crippen molar-refractivity contribution in [1.82, 2.24) is 5.32 Å². The number of hydrogen-bond donors (Lipinski definition) is 1. The Hall–Kier alpha value is -1.19. The Bertz CT molecular complexity index is 165. The van der Waals surface area contributed by atoms with Gasteiger partial charge in [0.2, 0.25) is 5.91 Å². The molecule has 0 atom stereocenters. The third kappa shape index (κ3) is 5.26. The SMILES string of the molecule is CCNC(=O)CCC(=O)C=O. The number of rotatable bonds is 5. The Morgan fingerprint density at radius 2 is 2.00 bits per heavy atom. The molecule has 62 valence electrons. The normalized spacial score (nSPS) is 8.82. The molecule has 0 aromatic heterocycles. The number of amides is 1. The summed E-state index contributed by atoms with van der Waals surface area (Å²) in [5.74, 6) is -0.723. The second kappa shape index (κ2) is 5.58. The summed E-state index contributed by atoms with van der Waals surface area (Å²) in [5.41, 5.74) is 0. The van der Waals surface area contributed by atoms with Gasteiger partial charge >= 0.3 is 0 Å². The highest BCUT2D eigenvalue weighted by Gasteiger charge is 2.03. The fourth-order valence-electron chi connectivity index (χ4n) is 0.581. The molecule has 0 saturated carbocycles. The molecular weight excluding hydrogens is 146 g/mol. The van der Waals surface area contributed by atoms with Crippen LogP contribution in [0, 0.1) is 0 Å². The van der Waals surface area contributed by atoms with E-state index < -0.39 is 5.78 Å². The molecule has 0 heterocycles. The third-order valence-corrected chi connectivity index (χ3v) is 1.10. The Kier molecular flexibility index (Phi) is 4.98. The van der Waals surface area contributed by atoms with E-state index in [1.165, 1.54) is 0 Å². The van der Waals surface area contributed by atoms with Crippen LogP contribution < -0.4 is 5.32 Å². The van der Waals surface area contributed by atoms with E-state index in [9.17, 15) is 14.4 Å². The van der Waals surface area contributed by atoms with Gasteiger partial charge in [-0.15, -0.1) is 0 Å². The zero-order valence-corrected chi connectivity index (χ0v) is 6.42. The number of carbonyl (C=O) groups is 3. The first kappa shape index (κ1) is 9.81. The molecule has 0 fully saturated rings. The van der Waals surface area contributed by atoms with Gasteiger partial charge in [0.25, 0.3) is 0 Å². The topological polar surface area (TPSA) is 63.2 Å². The summed E-state index contributed by atoms with van der Waals surface area (Å²) in [7, 11) is 0. The molecular formula is C7H11NO3. The molecule has 0 aromatic rings. The van der Waals surface area contributed by atoms with E-state index in [2.05, 4.69) is 5.32 Å². The van der Waals surface area contributed by atoms with Crippen molar-refractivity contribution in [3.8, 4) is 0 Å². The molecule has 0 saturated heterocycles. The Labute approximate surface area is 65.0 Å². The van der Waals surface area contributed by atoms with E-state index in [1.807, 2.05) is 0 Å². The van der Waals surface area contributed by atoms with Gasteiger partial charge in [0, 0.05) is 19.4 Å². The number of nitrogens with one attached hydrogen (secondary N) is 1. The molecule has 0 bridgehead atoms. The number of Topliss-reactive ketones (excluding diaryl/α,β-unsaturated/α-hetero) is 1. The summed E-state index contributed by atoms with van der Waals surface area (Å²) in [6, 6.07) is 0. The largest absolute Gasteiger partial charge is 0.356 e. The van der Waals surface area contributed by atoms with Crippen LogP contribution in [0.2, 0.25) is 0 Å². The number of ketones is 1. The molecule has 0 aliphatic rings. The van der Waals surface area contributed by atoms with E-state index in [-0.39, 0.29) is 25.0 Å². The molecule has 0 aliphatic heterocycles. The minimum atomic E-state index is -0.531. The van der Waals surface area contributed by atoms with Gasteiger partial charge < -0.3 is 5.32 Å². The fraction of sp³-hybridized carbons (Fsp3) is 0.571. The summed E-state index contributed by atoms with van der Waals surface area (Å²) in [6.07, 6.45) is 0.347. The maximum atomic E-state index is 10.7. The summed E-state index contributed by atoms with van der Waals surface area (Å²) in [6.45, 7) is 2.34. The van der Waals surface area contributed by atoms with Crippen LogP contribution in [0.5, 0.6) is 0 Å². The number of carbonyl (C=O) groups excluding carboxylic acids is 3. The van der Waals surface area contributed by atoms with Gasteiger partial charge in [-0.2, -0.15) is 0 Å². The zero-order chi connectivity index (χ0) is 8.69. The first-order valence-corrected chi connectivity index (χ1v) is 3.45. The van der Waals surface area contributed by atoms with Crippen LogP contribution in [0.1, 0.15) is 19.8 Å². The maximum absolute atomic E-state index is 10.7. The molecule has 1 N–H and O–H groups in total. The zero-order valence-electron chi connectivity index (χ0n) is 6.42. The van der Waals surface area contributed by atoms with Crippen LogP contribution >= 0.6 is 0 Å². The highest BCUT2D eigenvalue weighted by molar-refractivity contribution is 6.25. The molecule has 0 spiro atoms. The first-order valence-electron chi connectivity index (χ1n) is 3.45. The van der Waals surface area contributed by atoms with Crippen LogP contribution in [-0.4, -0.2) is 24.5 Å². The van der Waals surface area contributed by atoms with Crippen LogP contribution in [-0.2, 0) is 14.4 Å². The molecule has 4 nitrogen and oxygen atoms in total. The number of aldehydes is 1. The summed E-state index contributed by atoms with van der Waals surface area (Å²) in [5, 5.41) is 2.52. The standard InChI is InChI=1S/C7H11NO3/c1-2-8-7(11)4-3-6(10)5-9/h5H,2-4H2,1H3,(H,8,11). The van der Waals surface area contributed by atoms with Crippen molar-refractivity contribution in [3.63, 3.8) is 0 Å². The lowest BCUT2D eigenvalue weighted by Crippen LogP contribution is -2.23. The monoisotopic (exact) mass is 157 g/mol. The Morgan fingerprint density at radius 1 is 1.36 bits per heavy atom. The molecule has 11 heavy (non-hydrogen) atoms. The van der Waals surface area contributed by atoms with Gasteiger partial charge in [0.1, 0.15) is 0 Å². The lowest BCUT2D eigenvalue weighted by molar-refractivity contribution is -0.131. The minimum absolute atomic E-state index is 0.00926. The molecule has 0 unspecified atom stereocenters. The second-order valence-electron chi connectivity index (χ2n) is 2.04. The molecule has 4 heteroatoms. The van der Waals surface area contributed by atoms with E-state index in [1.54, 1.807) is 6.92 Å². The van der Waals surface area contributed by atoms with Crippen molar-refractivity contribution < 1.29 is 14.4 Å². The van der Waals surface area contributed by atoms with Gasteiger partial charge in [-0.25, -0.2) is 0 Å². The predicted octanol–water partition coefficient (Wildman–Crippen LogP) is -0.329. The average molecular weight is 157 g/mol. The molecule has 1 amide bonds. The van der Waals surface area contributed by atoms with Crippen molar-refractivity contribution in [3.05, 3.63) is 0 Å². The van der Waals surface area contributed by atoms with Gasteiger partial charge in [-0.3, -0.25) is 14.4 Å². The fourth-order valence-corrected chi connectivity index (χ4v) is 0.581. The molecule has 0 aliphatic carbocycles. The van der Waals surface area contributed by atoms with Crippen LogP contribution in [0.25, 0.3) is 0 Å². The van der Waals surface area contributed by atoms with E-state index >= 15 is 0 Å². The molecule has 0 radical (unpaired) electrons. The summed E-state index contributed by atoms with van der Waals surface area (Å²) >= 11 is 0. The van der Waals surface area contributed by atoms with Gasteiger partial charge in [0.05, 0.1) is 0 Å². The lowest BCUT2D eigenvalue weighted by atomic mass is 10.2. The van der Waals surface area contributed by atoms with Gasteiger partial charge in [-0.1, -0.05) is 0 Å². The maximum Gasteiger partial charge on any atom is 0.220 e. The van der Waals surface area contributed by atoms with E-state index in [4.69, 9.17) is 0 Å². The van der Waals surface area contributed by atoms with Crippen LogP contribution in [0.4, 0.5) is 0 Å². The third-order valence-electron chi connectivity index (χ3n) is 1.10. The smallest absolute Gasteiger partial charge is 0.220 e. The van der Waals surface area contributed by atoms with Crippen molar-refractivity contribution in [2.75, 3.05) is 6.54 Å². The van der Waals surface area contributed by atoms with Gasteiger partial charge in [0.15, 0.2) is 12.1 Å². The second-order valence-corrected chi connectivity index (χ2v) is 2.04. The van der Waals surface area contributed by atoms with Crippen molar-refractivity contribution in [2.24, 2.45) is 0 Å². The highest BCUT2D eigenvalue weighted by Crippen LogP contribution is 1.88. The number of hydrogen-bond acceptors (Lipinski definition) is 3. The average Bonchev–Trinajstić information content (AvgIpc) is 2.01. The van der Waals surface area contributed by atoms with Crippen LogP contribution in [0.15, 0.2) is 0 Å². The van der Waals surface area contributed by atoms with E-state index in [0.717, 1.165) is 0 Å². The highest BCUT2D eigenvalue weighted by atomic mass is 16.2. The summed E-state index contributed by atoms with van der Waals surface area (Å²) < 4.78 is 0. The predicted molar refractivity (Wildman–Crippen MR) is 39.0 cm³/mol. The Balaban J connectivity index is 3.45. The lowest BCUT2D eigenvalue weighted by Gasteiger charge is -1.97. The van der Waals surface area contributed by atoms with E-state index in [0.29, 0.717) is 6.54 Å². The van der Waals surface area contributed by atoms with Crippen molar-refractivity contribution in [2.45, 2.75) is 19.8 Å². The van der Waals surface area contributed by atoms with Gasteiger partial charge in [-0.05, 0) is 6.92 Å².